The molecule has 0 unspecified atom stereocenters. The quantitative estimate of drug-likeness (QED) is 0.665. The fraction of sp³-hybridized carbons (Fsp3) is 0.0714. The second-order valence-corrected chi connectivity index (χ2v) is 7.15. The Morgan fingerprint density at radius 2 is 2.26 bits per heavy atom. The highest BCUT2D eigenvalue weighted by atomic mass is 35.5. The fourth-order valence-electron chi connectivity index (χ4n) is 1.84. The third kappa shape index (κ3) is 3.61. The van der Waals surface area contributed by atoms with E-state index in [-0.39, 0.29) is 11.0 Å². The molecule has 0 saturated heterocycles. The van der Waals surface area contributed by atoms with E-state index in [1.165, 1.54) is 22.7 Å². The molecule has 3 rings (SSSR count). The van der Waals surface area contributed by atoms with E-state index in [1.54, 1.807) is 25.3 Å². The zero-order valence-corrected chi connectivity index (χ0v) is 15.0. The van der Waals surface area contributed by atoms with Crippen LogP contribution in [0.15, 0.2) is 29.6 Å². The van der Waals surface area contributed by atoms with Crippen LogP contribution in [0.1, 0.15) is 9.67 Å². The third-order valence-corrected chi connectivity index (χ3v) is 5.16. The summed E-state index contributed by atoms with van der Waals surface area (Å²) in [7, 11) is 1.56. The summed E-state index contributed by atoms with van der Waals surface area (Å²) < 4.78 is 6.09. The molecule has 23 heavy (non-hydrogen) atoms. The van der Waals surface area contributed by atoms with Crippen LogP contribution in [0.3, 0.4) is 0 Å². The van der Waals surface area contributed by atoms with Gasteiger partial charge in [0.25, 0.3) is 5.91 Å². The Bertz CT molecular complexity index is 877. The molecule has 2 heterocycles. The molecule has 0 fully saturated rings. The van der Waals surface area contributed by atoms with Crippen LogP contribution in [0.5, 0.6) is 5.75 Å². The molecule has 0 aliphatic heterocycles. The Morgan fingerprint density at radius 1 is 1.43 bits per heavy atom. The van der Waals surface area contributed by atoms with E-state index in [0.29, 0.717) is 20.8 Å². The second kappa shape index (κ2) is 6.79. The Kier molecular flexibility index (Phi) is 4.76. The maximum Gasteiger partial charge on any atom is 0.267 e. The molecule has 0 radical (unpaired) electrons. The topological polar surface area (TPSA) is 63.2 Å². The number of halogens is 1. The van der Waals surface area contributed by atoms with Crippen molar-refractivity contribution in [2.45, 2.75) is 0 Å². The molecule has 0 atom stereocenters. The molecule has 5 nitrogen and oxygen atoms in total. The highest BCUT2D eigenvalue weighted by Crippen LogP contribution is 2.34. The number of thiophene rings is 1. The molecule has 0 spiro atoms. The van der Waals surface area contributed by atoms with Crippen molar-refractivity contribution >= 4 is 72.9 Å². The highest BCUT2D eigenvalue weighted by molar-refractivity contribution is 7.80. The number of nitrogens with one attached hydrogen (secondary N) is 2. The summed E-state index contributed by atoms with van der Waals surface area (Å²) in [6.07, 6.45) is 0. The minimum Gasteiger partial charge on any atom is -0.495 e. The maximum absolute atomic E-state index is 11.9. The number of thiazole rings is 1. The van der Waals surface area contributed by atoms with Crippen LogP contribution in [0.25, 0.3) is 10.2 Å². The number of hydrogen-bond donors (Lipinski definition) is 2. The van der Waals surface area contributed by atoms with Gasteiger partial charge in [-0.2, -0.15) is 0 Å². The molecular formula is C14H10ClN3O2S3. The number of aromatic nitrogens is 1. The lowest BCUT2D eigenvalue weighted by Crippen LogP contribution is -2.33. The number of fused-ring (bicyclic) bond motifs is 1. The molecule has 0 saturated carbocycles. The van der Waals surface area contributed by atoms with Gasteiger partial charge in [0.1, 0.15) is 5.75 Å². The molecule has 0 bridgehead atoms. The monoisotopic (exact) mass is 383 g/mol. The number of benzene rings is 1. The predicted octanol–water partition coefficient (Wildman–Crippen LogP) is 4.15. The largest absolute Gasteiger partial charge is 0.495 e. The number of methoxy groups -OCH3 is 1. The van der Waals surface area contributed by atoms with Gasteiger partial charge in [0.05, 0.1) is 27.2 Å². The average Bonchev–Trinajstić information content (AvgIpc) is 3.14. The highest BCUT2D eigenvalue weighted by Gasteiger charge is 2.12. The van der Waals surface area contributed by atoms with E-state index in [1.807, 2.05) is 11.4 Å². The molecule has 118 valence electrons. The van der Waals surface area contributed by atoms with Crippen LogP contribution in [0.4, 0.5) is 5.13 Å². The van der Waals surface area contributed by atoms with Crippen molar-refractivity contribution in [2.75, 3.05) is 12.4 Å². The van der Waals surface area contributed by atoms with Crippen molar-refractivity contribution in [1.82, 2.24) is 10.3 Å². The third-order valence-electron chi connectivity index (χ3n) is 2.85. The first-order valence-corrected chi connectivity index (χ1v) is 8.85. The summed E-state index contributed by atoms with van der Waals surface area (Å²) in [4.78, 5) is 16.9. The van der Waals surface area contributed by atoms with Crippen LogP contribution in [0.2, 0.25) is 5.02 Å². The van der Waals surface area contributed by atoms with Gasteiger partial charge in [0, 0.05) is 6.07 Å². The zero-order valence-electron chi connectivity index (χ0n) is 11.8. The molecule has 0 aliphatic carbocycles. The molecule has 2 aromatic heterocycles. The SMILES string of the molecule is COc1cc2sc(NC(=S)NC(=O)c3cccs3)nc2cc1Cl. The Labute approximate surface area is 150 Å². The molecule has 0 aliphatic rings. The number of rotatable bonds is 3. The lowest BCUT2D eigenvalue weighted by Gasteiger charge is -2.05. The Balaban J connectivity index is 1.73. The number of nitrogens with zero attached hydrogens (tertiary/aromatic N) is 1. The van der Waals surface area contributed by atoms with Crippen LogP contribution in [0, 0.1) is 0 Å². The molecule has 1 aromatic carbocycles. The first-order valence-electron chi connectivity index (χ1n) is 6.36. The van der Waals surface area contributed by atoms with Crippen LogP contribution >= 0.6 is 46.5 Å². The predicted molar refractivity (Wildman–Crippen MR) is 99.2 cm³/mol. The van der Waals surface area contributed by atoms with Gasteiger partial charge in [0.15, 0.2) is 10.2 Å². The molecule has 2 N–H and O–H groups in total. The molecule has 9 heteroatoms. The van der Waals surface area contributed by atoms with Gasteiger partial charge in [-0.1, -0.05) is 29.0 Å². The van der Waals surface area contributed by atoms with Gasteiger partial charge in [-0.05, 0) is 29.7 Å². The summed E-state index contributed by atoms with van der Waals surface area (Å²) in [5.74, 6) is 0.339. The van der Waals surface area contributed by atoms with E-state index in [2.05, 4.69) is 15.6 Å². The second-order valence-electron chi connectivity index (χ2n) is 4.36. The van der Waals surface area contributed by atoms with Crippen LogP contribution in [-0.2, 0) is 0 Å². The van der Waals surface area contributed by atoms with E-state index < -0.39 is 0 Å². The van der Waals surface area contributed by atoms with Gasteiger partial charge >= 0.3 is 0 Å². The Morgan fingerprint density at radius 3 is 2.96 bits per heavy atom. The van der Waals surface area contributed by atoms with E-state index in [4.69, 9.17) is 28.6 Å². The van der Waals surface area contributed by atoms with Crippen molar-refractivity contribution in [3.8, 4) is 5.75 Å². The van der Waals surface area contributed by atoms with Crippen molar-refractivity contribution in [3.05, 3.63) is 39.5 Å². The first kappa shape index (κ1) is 16.1. The van der Waals surface area contributed by atoms with Gasteiger partial charge in [0.2, 0.25) is 0 Å². The molecule has 1 amide bonds. The summed E-state index contributed by atoms with van der Waals surface area (Å²) in [5, 5.41) is 8.61. The lowest BCUT2D eigenvalue weighted by atomic mass is 10.3. The van der Waals surface area contributed by atoms with E-state index >= 15 is 0 Å². The molecule has 3 aromatic rings. The van der Waals surface area contributed by atoms with E-state index in [0.717, 1.165) is 10.2 Å². The van der Waals surface area contributed by atoms with Gasteiger partial charge in [-0.3, -0.25) is 10.1 Å². The van der Waals surface area contributed by atoms with Crippen LogP contribution < -0.4 is 15.4 Å². The Hall–Kier alpha value is -1.74. The number of thiocarbonyl (C=S) groups is 1. The van der Waals surface area contributed by atoms with Gasteiger partial charge < -0.3 is 10.1 Å². The number of carbonyl (C=O) groups is 1. The summed E-state index contributed by atoms with van der Waals surface area (Å²) in [5.41, 5.74) is 0.732. The number of hydrogen-bond acceptors (Lipinski definition) is 6. The number of ether oxygens (including phenoxy) is 1. The van der Waals surface area contributed by atoms with Crippen molar-refractivity contribution in [3.63, 3.8) is 0 Å². The van der Waals surface area contributed by atoms with Gasteiger partial charge in [-0.25, -0.2) is 4.98 Å². The summed E-state index contributed by atoms with van der Waals surface area (Å²) in [6, 6.07) is 7.08. The maximum atomic E-state index is 11.9. The van der Waals surface area contributed by atoms with Crippen molar-refractivity contribution in [2.24, 2.45) is 0 Å². The minimum atomic E-state index is -0.247. The average molecular weight is 384 g/mol. The smallest absolute Gasteiger partial charge is 0.267 e. The summed E-state index contributed by atoms with van der Waals surface area (Å²) in [6.45, 7) is 0. The standard InChI is InChI=1S/C14H10ClN3O2S3/c1-20-9-6-11-8(5-7(9)15)16-14(23-11)18-13(21)17-12(19)10-3-2-4-22-10/h2-6H,1H3,(H2,16,17,18,19,21). The van der Waals surface area contributed by atoms with E-state index in [9.17, 15) is 4.79 Å². The molecular weight excluding hydrogens is 374 g/mol. The number of amides is 1. The van der Waals surface area contributed by atoms with Crippen LogP contribution in [-0.4, -0.2) is 23.1 Å². The number of anilines is 1. The normalized spacial score (nSPS) is 10.5. The summed E-state index contributed by atoms with van der Waals surface area (Å²) >= 11 is 14.0. The van der Waals surface area contributed by atoms with Crippen molar-refractivity contribution in [1.29, 1.82) is 0 Å². The zero-order chi connectivity index (χ0) is 16.4. The minimum absolute atomic E-state index is 0.195. The fourth-order valence-corrected chi connectivity index (χ4v) is 3.83. The first-order chi connectivity index (χ1) is 11.1. The van der Waals surface area contributed by atoms with Crippen molar-refractivity contribution < 1.29 is 9.53 Å². The van der Waals surface area contributed by atoms with Gasteiger partial charge in [-0.15, -0.1) is 11.3 Å². The lowest BCUT2D eigenvalue weighted by molar-refractivity contribution is 0.0981. The number of carbonyl (C=O) groups excluding carboxylic acids is 1.